The lowest BCUT2D eigenvalue weighted by atomic mass is 10.0. The maximum atomic E-state index is 12.7. The fourth-order valence-corrected chi connectivity index (χ4v) is 3.32. The van der Waals surface area contributed by atoms with E-state index in [1.165, 1.54) is 0 Å². The fraction of sp³-hybridized carbons (Fsp3) is 0.471. The molecule has 1 fully saturated rings. The molecule has 1 aromatic heterocycles. The molecular weight excluding hydrogens is 328 g/mol. The Labute approximate surface area is 146 Å². The van der Waals surface area contributed by atoms with Crippen LogP contribution in [0.1, 0.15) is 36.7 Å². The van der Waals surface area contributed by atoms with Gasteiger partial charge in [-0.3, -0.25) is 4.79 Å². The van der Waals surface area contributed by atoms with Gasteiger partial charge in [0, 0.05) is 18.6 Å². The van der Waals surface area contributed by atoms with Crippen LogP contribution in [-0.4, -0.2) is 38.7 Å². The highest BCUT2D eigenvalue weighted by Crippen LogP contribution is 2.29. The van der Waals surface area contributed by atoms with Crippen molar-refractivity contribution in [3.8, 4) is 5.75 Å². The van der Waals surface area contributed by atoms with Crippen molar-refractivity contribution in [3.63, 3.8) is 0 Å². The Bertz CT molecular complexity index is 731. The van der Waals surface area contributed by atoms with E-state index < -0.39 is 0 Å². The summed E-state index contributed by atoms with van der Waals surface area (Å²) < 4.78 is 7.59. The zero-order valence-corrected chi connectivity index (χ0v) is 14.7. The number of rotatable bonds is 4. The largest absolute Gasteiger partial charge is 0.483 e. The minimum atomic E-state index is -0.0336. The maximum Gasteiger partial charge on any atom is 0.261 e. The van der Waals surface area contributed by atoms with Crippen molar-refractivity contribution in [2.24, 2.45) is 7.05 Å². The van der Waals surface area contributed by atoms with E-state index in [9.17, 15) is 4.79 Å². The molecule has 128 valence electrons. The van der Waals surface area contributed by atoms with E-state index in [-0.39, 0.29) is 18.6 Å². The topological polar surface area (TPSA) is 60.2 Å². The van der Waals surface area contributed by atoms with Crippen LogP contribution in [0, 0.1) is 6.92 Å². The normalized spacial score (nSPS) is 17.8. The van der Waals surface area contributed by atoms with Gasteiger partial charge < -0.3 is 14.2 Å². The molecule has 0 radical (unpaired) electrons. The van der Waals surface area contributed by atoms with Crippen molar-refractivity contribution in [2.75, 3.05) is 13.2 Å². The second kappa shape index (κ2) is 7.21. The summed E-state index contributed by atoms with van der Waals surface area (Å²) in [5, 5.41) is 8.77. The number of aryl methyl sites for hydroxylation is 2. The number of amides is 1. The molecule has 0 bridgehead atoms. The monoisotopic (exact) mass is 348 g/mol. The van der Waals surface area contributed by atoms with Gasteiger partial charge in [0.15, 0.2) is 12.4 Å². The third-order valence-electron chi connectivity index (χ3n) is 4.36. The van der Waals surface area contributed by atoms with Crippen LogP contribution >= 0.6 is 11.6 Å². The third kappa shape index (κ3) is 3.53. The van der Waals surface area contributed by atoms with Crippen molar-refractivity contribution in [2.45, 2.75) is 32.2 Å². The summed E-state index contributed by atoms with van der Waals surface area (Å²) in [6, 6.07) is 5.34. The lowest BCUT2D eigenvalue weighted by Crippen LogP contribution is -2.42. The Morgan fingerprint density at radius 2 is 2.25 bits per heavy atom. The highest BCUT2D eigenvalue weighted by atomic mass is 35.5. The number of nitrogens with zero attached hydrogens (tertiary/aromatic N) is 4. The van der Waals surface area contributed by atoms with Crippen molar-refractivity contribution < 1.29 is 9.53 Å². The van der Waals surface area contributed by atoms with Gasteiger partial charge in [0.05, 0.1) is 6.04 Å². The summed E-state index contributed by atoms with van der Waals surface area (Å²) in [4.78, 5) is 14.5. The molecule has 1 amide bonds. The molecule has 6 nitrogen and oxygen atoms in total. The molecule has 2 aromatic rings. The van der Waals surface area contributed by atoms with Crippen LogP contribution < -0.4 is 4.74 Å². The lowest BCUT2D eigenvalue weighted by molar-refractivity contribution is -0.137. The molecule has 1 aromatic carbocycles. The number of halogens is 1. The summed E-state index contributed by atoms with van der Waals surface area (Å²) in [6.45, 7) is 2.64. The van der Waals surface area contributed by atoms with Crippen molar-refractivity contribution in [1.29, 1.82) is 0 Å². The van der Waals surface area contributed by atoms with E-state index in [0.29, 0.717) is 10.8 Å². The van der Waals surface area contributed by atoms with Gasteiger partial charge in [-0.25, -0.2) is 0 Å². The molecule has 1 aliphatic rings. The number of hydrogen-bond donors (Lipinski definition) is 0. The zero-order valence-electron chi connectivity index (χ0n) is 13.9. The molecule has 1 aliphatic heterocycles. The summed E-state index contributed by atoms with van der Waals surface area (Å²) in [5.41, 5.74) is 0.916. The van der Waals surface area contributed by atoms with Crippen LogP contribution in [0.15, 0.2) is 24.5 Å². The predicted molar refractivity (Wildman–Crippen MR) is 91.0 cm³/mol. The molecule has 2 heterocycles. The number of hydrogen-bond acceptors (Lipinski definition) is 4. The molecule has 24 heavy (non-hydrogen) atoms. The molecular formula is C17H21ClN4O2. The van der Waals surface area contributed by atoms with Crippen LogP contribution in [-0.2, 0) is 11.8 Å². The van der Waals surface area contributed by atoms with Crippen molar-refractivity contribution in [3.05, 3.63) is 40.9 Å². The molecule has 0 N–H and O–H groups in total. The van der Waals surface area contributed by atoms with Gasteiger partial charge in [-0.05, 0) is 49.9 Å². The molecule has 1 saturated heterocycles. The minimum Gasteiger partial charge on any atom is -0.483 e. The van der Waals surface area contributed by atoms with Gasteiger partial charge in [0.25, 0.3) is 5.91 Å². The Morgan fingerprint density at radius 1 is 1.42 bits per heavy atom. The van der Waals surface area contributed by atoms with E-state index >= 15 is 0 Å². The van der Waals surface area contributed by atoms with Crippen LogP contribution in [0.25, 0.3) is 0 Å². The van der Waals surface area contributed by atoms with Gasteiger partial charge in [-0.1, -0.05) is 11.6 Å². The van der Waals surface area contributed by atoms with Crippen molar-refractivity contribution >= 4 is 17.5 Å². The van der Waals surface area contributed by atoms with Crippen LogP contribution in [0.5, 0.6) is 5.75 Å². The molecule has 0 aliphatic carbocycles. The van der Waals surface area contributed by atoms with E-state index in [1.807, 2.05) is 29.5 Å². The van der Waals surface area contributed by atoms with Crippen molar-refractivity contribution in [1.82, 2.24) is 19.7 Å². The standard InChI is InChI=1S/C17H21ClN4O2/c1-12-9-13(18)6-7-15(12)24-10-16(23)22-8-4-3-5-14(22)17-20-19-11-21(17)2/h6-7,9,11,14H,3-5,8,10H2,1-2H3/t14-/m0/s1. The molecule has 0 spiro atoms. The number of piperidine rings is 1. The van der Waals surface area contributed by atoms with E-state index in [0.717, 1.165) is 37.2 Å². The highest BCUT2D eigenvalue weighted by Gasteiger charge is 2.31. The van der Waals surface area contributed by atoms with Gasteiger partial charge in [0.2, 0.25) is 0 Å². The number of carbonyl (C=O) groups is 1. The first-order chi connectivity index (χ1) is 11.6. The van der Waals surface area contributed by atoms with E-state index in [4.69, 9.17) is 16.3 Å². The van der Waals surface area contributed by atoms with Gasteiger partial charge in [0.1, 0.15) is 12.1 Å². The SMILES string of the molecule is Cc1cc(Cl)ccc1OCC(=O)N1CCCC[C@H]1c1nncn1C. The second-order valence-corrected chi connectivity index (χ2v) is 6.53. The van der Waals surface area contributed by atoms with E-state index in [1.54, 1.807) is 18.5 Å². The Kier molecular flexibility index (Phi) is 5.04. The molecule has 0 saturated carbocycles. The fourth-order valence-electron chi connectivity index (χ4n) is 3.09. The smallest absolute Gasteiger partial charge is 0.261 e. The van der Waals surface area contributed by atoms with Crippen LogP contribution in [0.2, 0.25) is 5.02 Å². The number of aromatic nitrogens is 3. The van der Waals surface area contributed by atoms with Gasteiger partial charge >= 0.3 is 0 Å². The van der Waals surface area contributed by atoms with Gasteiger partial charge in [-0.2, -0.15) is 0 Å². The maximum absolute atomic E-state index is 12.7. The second-order valence-electron chi connectivity index (χ2n) is 6.10. The Hall–Kier alpha value is -2.08. The van der Waals surface area contributed by atoms with E-state index in [2.05, 4.69) is 10.2 Å². The van der Waals surface area contributed by atoms with Gasteiger partial charge in [-0.15, -0.1) is 10.2 Å². The molecule has 1 atom stereocenters. The average Bonchev–Trinajstić information content (AvgIpc) is 2.99. The summed E-state index contributed by atoms with van der Waals surface area (Å²) in [7, 11) is 1.90. The third-order valence-corrected chi connectivity index (χ3v) is 4.59. The summed E-state index contributed by atoms with van der Waals surface area (Å²) in [5.74, 6) is 1.47. The van der Waals surface area contributed by atoms with Crippen LogP contribution in [0.3, 0.4) is 0 Å². The number of likely N-dealkylation sites (tertiary alicyclic amines) is 1. The first kappa shape index (κ1) is 16.8. The minimum absolute atomic E-state index is 0.0107. The average molecular weight is 349 g/mol. The molecule has 7 heteroatoms. The summed E-state index contributed by atoms with van der Waals surface area (Å²) in [6.07, 6.45) is 4.65. The Morgan fingerprint density at radius 3 is 2.96 bits per heavy atom. The zero-order chi connectivity index (χ0) is 17.1. The highest BCUT2D eigenvalue weighted by molar-refractivity contribution is 6.30. The first-order valence-corrected chi connectivity index (χ1v) is 8.46. The predicted octanol–water partition coefficient (Wildman–Crippen LogP) is 2.91. The summed E-state index contributed by atoms with van der Waals surface area (Å²) >= 11 is 5.95. The van der Waals surface area contributed by atoms with Crippen LogP contribution in [0.4, 0.5) is 0 Å². The lowest BCUT2D eigenvalue weighted by Gasteiger charge is -2.34. The molecule has 3 rings (SSSR count). The number of ether oxygens (including phenoxy) is 1. The first-order valence-electron chi connectivity index (χ1n) is 8.08. The Balaban J connectivity index is 1.69. The number of carbonyl (C=O) groups excluding carboxylic acids is 1. The quantitative estimate of drug-likeness (QED) is 0.852. The molecule has 0 unspecified atom stereocenters. The number of benzene rings is 1.